The number of nitrogens with two attached hydrogens (primary N) is 1. The van der Waals surface area contributed by atoms with E-state index in [1.54, 1.807) is 4.90 Å². The summed E-state index contributed by atoms with van der Waals surface area (Å²) in [7, 11) is 0. The van der Waals surface area contributed by atoms with Crippen LogP contribution in [0.3, 0.4) is 0 Å². The van der Waals surface area contributed by atoms with Gasteiger partial charge in [0.2, 0.25) is 0 Å². The molecule has 1 saturated heterocycles. The first-order valence-corrected chi connectivity index (χ1v) is 8.40. The number of hydrogen-bond acceptors (Lipinski definition) is 4. The third-order valence-electron chi connectivity index (χ3n) is 4.72. The fourth-order valence-corrected chi connectivity index (χ4v) is 3.10. The first kappa shape index (κ1) is 21.2. The summed E-state index contributed by atoms with van der Waals surface area (Å²) in [5.41, 5.74) is 5.43. The SMILES string of the molecule is CC(N)C1CCN(C(=O)c2cn(-c3cccc(C(F)(F)F)c3)nn2)CC1.Cl. The van der Waals surface area contributed by atoms with Gasteiger partial charge in [-0.2, -0.15) is 13.2 Å². The summed E-state index contributed by atoms with van der Waals surface area (Å²) in [6, 6.07) is 4.81. The van der Waals surface area contributed by atoms with Gasteiger partial charge in [-0.1, -0.05) is 11.3 Å². The monoisotopic (exact) mass is 403 g/mol. The standard InChI is InChI=1S/C17H20F3N5O.ClH/c1-11(21)12-5-7-24(8-6-12)16(26)15-10-25(23-22-15)14-4-2-3-13(9-14)17(18,19)20;/h2-4,9-12H,5-8,21H2,1H3;1H. The molecule has 1 fully saturated rings. The second-order valence-electron chi connectivity index (χ2n) is 6.59. The number of hydrogen-bond donors (Lipinski definition) is 1. The van der Waals surface area contributed by atoms with Crippen LogP contribution in [0, 0.1) is 5.92 Å². The Hall–Kier alpha value is -2.13. The molecule has 27 heavy (non-hydrogen) atoms. The van der Waals surface area contributed by atoms with Gasteiger partial charge in [-0.15, -0.1) is 17.5 Å². The first-order chi connectivity index (χ1) is 12.3. The fourth-order valence-electron chi connectivity index (χ4n) is 3.10. The molecular formula is C17H21ClF3N5O. The zero-order chi connectivity index (χ0) is 18.9. The maximum Gasteiger partial charge on any atom is 0.416 e. The van der Waals surface area contributed by atoms with Gasteiger partial charge in [0.25, 0.3) is 5.91 Å². The molecule has 0 radical (unpaired) electrons. The van der Waals surface area contributed by atoms with Gasteiger partial charge >= 0.3 is 6.18 Å². The van der Waals surface area contributed by atoms with Crippen molar-refractivity contribution in [1.29, 1.82) is 0 Å². The Morgan fingerprint density at radius 2 is 1.96 bits per heavy atom. The van der Waals surface area contributed by atoms with Crippen molar-refractivity contribution in [1.82, 2.24) is 19.9 Å². The minimum atomic E-state index is -4.44. The Bertz CT molecular complexity index is 785. The average molecular weight is 404 g/mol. The lowest BCUT2D eigenvalue weighted by atomic mass is 9.91. The highest BCUT2D eigenvalue weighted by atomic mass is 35.5. The second kappa shape index (κ2) is 8.26. The summed E-state index contributed by atoms with van der Waals surface area (Å²) in [5.74, 6) is 0.117. The Labute approximate surface area is 160 Å². The molecule has 148 valence electrons. The fraction of sp³-hybridized carbons (Fsp3) is 0.471. The largest absolute Gasteiger partial charge is 0.416 e. The molecule has 1 aliphatic heterocycles. The summed E-state index contributed by atoms with van der Waals surface area (Å²) >= 11 is 0. The molecule has 0 saturated carbocycles. The van der Waals surface area contributed by atoms with Gasteiger partial charge in [-0.05, 0) is 43.9 Å². The third kappa shape index (κ3) is 4.78. The molecule has 1 amide bonds. The van der Waals surface area contributed by atoms with Crippen LogP contribution in [0.4, 0.5) is 13.2 Å². The Kier molecular flexibility index (Phi) is 6.48. The van der Waals surface area contributed by atoms with Gasteiger partial charge in [-0.25, -0.2) is 4.68 Å². The van der Waals surface area contributed by atoms with Crippen LogP contribution in [-0.4, -0.2) is 44.9 Å². The molecule has 6 nitrogen and oxygen atoms in total. The Balaban J connectivity index is 0.00000261. The van der Waals surface area contributed by atoms with Gasteiger partial charge in [0.05, 0.1) is 17.4 Å². The zero-order valence-electron chi connectivity index (χ0n) is 14.7. The number of amides is 1. The van der Waals surface area contributed by atoms with E-state index in [-0.39, 0.29) is 35.7 Å². The number of halogens is 4. The normalized spacial score (nSPS) is 16.7. The lowest BCUT2D eigenvalue weighted by Crippen LogP contribution is -2.42. The van der Waals surface area contributed by atoms with Gasteiger partial charge in [0.1, 0.15) is 0 Å². The molecular weight excluding hydrogens is 383 g/mol. The molecule has 1 aliphatic rings. The maximum atomic E-state index is 12.8. The summed E-state index contributed by atoms with van der Waals surface area (Å²) in [6.45, 7) is 3.13. The van der Waals surface area contributed by atoms with Gasteiger partial charge in [0.15, 0.2) is 5.69 Å². The second-order valence-corrected chi connectivity index (χ2v) is 6.59. The van der Waals surface area contributed by atoms with E-state index in [1.807, 2.05) is 6.92 Å². The van der Waals surface area contributed by atoms with Crippen molar-refractivity contribution >= 4 is 18.3 Å². The summed E-state index contributed by atoms with van der Waals surface area (Å²) in [5, 5.41) is 7.63. The van der Waals surface area contributed by atoms with Crippen molar-refractivity contribution in [3.05, 3.63) is 41.7 Å². The van der Waals surface area contributed by atoms with Crippen LogP contribution >= 0.6 is 12.4 Å². The number of aromatic nitrogens is 3. The van der Waals surface area contributed by atoms with E-state index < -0.39 is 11.7 Å². The number of benzene rings is 1. The Morgan fingerprint density at radius 1 is 1.30 bits per heavy atom. The van der Waals surface area contributed by atoms with Crippen molar-refractivity contribution in [2.75, 3.05) is 13.1 Å². The van der Waals surface area contributed by atoms with Crippen molar-refractivity contribution in [3.8, 4) is 5.69 Å². The topological polar surface area (TPSA) is 77.0 Å². The highest BCUT2D eigenvalue weighted by molar-refractivity contribution is 5.92. The predicted octanol–water partition coefficient (Wildman–Crippen LogP) is 2.91. The molecule has 2 heterocycles. The van der Waals surface area contributed by atoms with Crippen LogP contribution in [0.15, 0.2) is 30.5 Å². The summed E-state index contributed by atoms with van der Waals surface area (Å²) in [6.07, 6.45) is -1.44. The van der Waals surface area contributed by atoms with Gasteiger partial charge in [0, 0.05) is 19.1 Å². The molecule has 2 aromatic rings. The van der Waals surface area contributed by atoms with Crippen LogP contribution in [0.2, 0.25) is 0 Å². The minimum Gasteiger partial charge on any atom is -0.337 e. The van der Waals surface area contributed by atoms with Crippen LogP contribution in [0.25, 0.3) is 5.69 Å². The number of piperidine rings is 1. The molecule has 2 N–H and O–H groups in total. The van der Waals surface area contributed by atoms with E-state index in [0.717, 1.165) is 25.0 Å². The van der Waals surface area contributed by atoms with E-state index in [1.165, 1.54) is 23.0 Å². The summed E-state index contributed by atoms with van der Waals surface area (Å²) in [4.78, 5) is 14.2. The minimum absolute atomic E-state index is 0. The van der Waals surface area contributed by atoms with Crippen molar-refractivity contribution in [2.24, 2.45) is 11.7 Å². The van der Waals surface area contributed by atoms with Crippen molar-refractivity contribution in [3.63, 3.8) is 0 Å². The number of likely N-dealkylation sites (tertiary alicyclic amines) is 1. The molecule has 3 rings (SSSR count). The smallest absolute Gasteiger partial charge is 0.337 e. The van der Waals surface area contributed by atoms with Crippen LogP contribution in [-0.2, 0) is 6.18 Å². The number of rotatable bonds is 3. The van der Waals surface area contributed by atoms with E-state index >= 15 is 0 Å². The quantitative estimate of drug-likeness (QED) is 0.854. The number of carbonyl (C=O) groups is 1. The average Bonchev–Trinajstić information content (AvgIpc) is 3.10. The molecule has 1 aromatic heterocycles. The highest BCUT2D eigenvalue weighted by Gasteiger charge is 2.31. The lowest BCUT2D eigenvalue weighted by molar-refractivity contribution is -0.137. The molecule has 10 heteroatoms. The molecule has 0 spiro atoms. The first-order valence-electron chi connectivity index (χ1n) is 8.40. The summed E-state index contributed by atoms with van der Waals surface area (Å²) < 4.78 is 39.7. The Morgan fingerprint density at radius 3 is 2.56 bits per heavy atom. The van der Waals surface area contributed by atoms with Crippen molar-refractivity contribution < 1.29 is 18.0 Å². The van der Waals surface area contributed by atoms with Crippen molar-refractivity contribution in [2.45, 2.75) is 32.0 Å². The van der Waals surface area contributed by atoms with E-state index in [0.29, 0.717) is 19.0 Å². The van der Waals surface area contributed by atoms with Crippen LogP contribution < -0.4 is 5.73 Å². The number of nitrogens with zero attached hydrogens (tertiary/aromatic N) is 4. The van der Waals surface area contributed by atoms with Gasteiger partial charge < -0.3 is 10.6 Å². The molecule has 1 aromatic carbocycles. The third-order valence-corrected chi connectivity index (χ3v) is 4.72. The van der Waals surface area contributed by atoms with Gasteiger partial charge in [-0.3, -0.25) is 4.79 Å². The van der Waals surface area contributed by atoms with E-state index in [4.69, 9.17) is 5.73 Å². The molecule has 0 bridgehead atoms. The zero-order valence-corrected chi connectivity index (χ0v) is 15.5. The molecule has 1 unspecified atom stereocenters. The number of alkyl halides is 3. The molecule has 1 atom stereocenters. The van der Waals surface area contributed by atoms with E-state index in [9.17, 15) is 18.0 Å². The van der Waals surface area contributed by atoms with Crippen LogP contribution in [0.1, 0.15) is 35.8 Å². The predicted molar refractivity (Wildman–Crippen MR) is 95.9 cm³/mol. The molecule has 0 aliphatic carbocycles. The van der Waals surface area contributed by atoms with E-state index in [2.05, 4.69) is 10.3 Å². The number of carbonyl (C=O) groups excluding carboxylic acids is 1. The highest BCUT2D eigenvalue weighted by Crippen LogP contribution is 2.30. The maximum absolute atomic E-state index is 12.8. The van der Waals surface area contributed by atoms with Crippen LogP contribution in [0.5, 0.6) is 0 Å². The lowest BCUT2D eigenvalue weighted by Gasteiger charge is -2.33.